The minimum absolute atomic E-state index is 0.0826. The van der Waals surface area contributed by atoms with Crippen molar-refractivity contribution in [1.29, 1.82) is 0 Å². The molecule has 3 heterocycles. The summed E-state index contributed by atoms with van der Waals surface area (Å²) in [6, 6.07) is 13.5. The molecule has 1 aliphatic carbocycles. The van der Waals surface area contributed by atoms with E-state index in [0.717, 1.165) is 41.7 Å². The highest BCUT2D eigenvalue weighted by molar-refractivity contribution is 7.99. The van der Waals surface area contributed by atoms with E-state index in [-0.39, 0.29) is 36.7 Å². The van der Waals surface area contributed by atoms with Gasteiger partial charge in [0.05, 0.1) is 35.9 Å². The van der Waals surface area contributed by atoms with Crippen LogP contribution in [0.3, 0.4) is 0 Å². The molecule has 0 atom stereocenters. The van der Waals surface area contributed by atoms with E-state index < -0.39 is 0 Å². The lowest BCUT2D eigenvalue weighted by Gasteiger charge is -2.12. The molecule has 3 aromatic heterocycles. The van der Waals surface area contributed by atoms with E-state index >= 15 is 0 Å². The minimum Gasteiger partial charge on any atom is -0.462 e. The molecule has 0 bridgehead atoms. The fourth-order valence-electron chi connectivity index (χ4n) is 4.50. The zero-order valence-electron chi connectivity index (χ0n) is 22.0. The van der Waals surface area contributed by atoms with Crippen LogP contribution >= 0.6 is 34.4 Å². The Bertz CT molecular complexity index is 1480. The standard InChI is InChI=1S/C28H29N5O4S3/c1-2-37-27(36)24-19-11-6-7-12-20(19)40-26(24)30-23(34)17-39-28-32-31-22(15-29-25(35)21-13-8-14-38-21)33(28)16-18-9-4-3-5-10-18/h3-5,8-10,13-14H,2,6-7,11-12,15-17H2,1H3,(H,29,35)(H,30,34). The SMILES string of the molecule is CCOC(=O)c1c(NC(=O)CSc2nnc(CNC(=O)c3cccs3)n2Cc2ccccc2)sc2c1CCCC2. The highest BCUT2D eigenvalue weighted by Crippen LogP contribution is 2.38. The molecule has 5 rings (SSSR count). The van der Waals surface area contributed by atoms with Gasteiger partial charge in [0.2, 0.25) is 5.91 Å². The minimum atomic E-state index is -0.387. The summed E-state index contributed by atoms with van der Waals surface area (Å²) in [6.45, 7) is 2.75. The molecule has 0 radical (unpaired) electrons. The second-order valence-corrected chi connectivity index (χ2v) is 12.1. The number of thiophene rings is 2. The largest absolute Gasteiger partial charge is 0.462 e. The summed E-state index contributed by atoms with van der Waals surface area (Å²) in [5.74, 6) is -0.127. The summed E-state index contributed by atoms with van der Waals surface area (Å²) in [7, 11) is 0. The summed E-state index contributed by atoms with van der Waals surface area (Å²) >= 11 is 4.10. The number of benzene rings is 1. The van der Waals surface area contributed by atoms with Gasteiger partial charge in [0.15, 0.2) is 11.0 Å². The molecular weight excluding hydrogens is 567 g/mol. The molecule has 1 aromatic carbocycles. The number of amides is 2. The van der Waals surface area contributed by atoms with Crippen LogP contribution in [0.4, 0.5) is 5.00 Å². The van der Waals surface area contributed by atoms with Gasteiger partial charge in [0, 0.05) is 4.88 Å². The number of hydrogen-bond acceptors (Lipinski definition) is 9. The van der Waals surface area contributed by atoms with Crippen LogP contribution in [0.15, 0.2) is 53.0 Å². The van der Waals surface area contributed by atoms with Crippen molar-refractivity contribution in [2.24, 2.45) is 0 Å². The number of esters is 1. The number of hydrogen-bond donors (Lipinski definition) is 2. The van der Waals surface area contributed by atoms with Crippen LogP contribution < -0.4 is 10.6 Å². The number of rotatable bonds is 11. The van der Waals surface area contributed by atoms with Crippen molar-refractivity contribution in [2.45, 2.75) is 50.9 Å². The molecular formula is C28H29N5O4S3. The Morgan fingerprint density at radius 2 is 1.90 bits per heavy atom. The monoisotopic (exact) mass is 595 g/mol. The first-order valence-corrected chi connectivity index (χ1v) is 15.7. The first kappa shape index (κ1) is 28.1. The Hall–Kier alpha value is -3.48. The lowest BCUT2D eigenvalue weighted by atomic mass is 9.95. The number of aryl methyl sites for hydroxylation is 1. The maximum absolute atomic E-state index is 13.1. The van der Waals surface area contributed by atoms with Crippen LogP contribution in [0.1, 0.15) is 61.6 Å². The van der Waals surface area contributed by atoms with Crippen molar-refractivity contribution in [3.05, 3.63) is 80.1 Å². The van der Waals surface area contributed by atoms with E-state index in [2.05, 4.69) is 20.8 Å². The van der Waals surface area contributed by atoms with Gasteiger partial charge in [-0.3, -0.25) is 9.59 Å². The van der Waals surface area contributed by atoms with Crippen LogP contribution in [0.25, 0.3) is 0 Å². The normalized spacial score (nSPS) is 12.5. The lowest BCUT2D eigenvalue weighted by Crippen LogP contribution is -2.24. The Labute approximate surface area is 244 Å². The van der Waals surface area contributed by atoms with Crippen molar-refractivity contribution in [3.8, 4) is 0 Å². The number of nitrogens with zero attached hydrogens (tertiary/aromatic N) is 3. The van der Waals surface area contributed by atoms with Crippen molar-refractivity contribution in [1.82, 2.24) is 20.1 Å². The van der Waals surface area contributed by atoms with E-state index in [1.165, 1.54) is 34.4 Å². The fourth-order valence-corrected chi connectivity index (χ4v) is 7.19. The molecule has 0 saturated heterocycles. The van der Waals surface area contributed by atoms with Crippen molar-refractivity contribution in [2.75, 3.05) is 17.7 Å². The van der Waals surface area contributed by atoms with Crippen molar-refractivity contribution < 1.29 is 19.1 Å². The van der Waals surface area contributed by atoms with Gasteiger partial charge in [0.1, 0.15) is 5.00 Å². The fraction of sp³-hybridized carbons (Fsp3) is 0.321. The van der Waals surface area contributed by atoms with E-state index in [4.69, 9.17) is 4.74 Å². The Morgan fingerprint density at radius 3 is 2.67 bits per heavy atom. The van der Waals surface area contributed by atoms with Gasteiger partial charge in [-0.05, 0) is 55.2 Å². The van der Waals surface area contributed by atoms with Crippen LogP contribution in [-0.2, 0) is 35.5 Å². The van der Waals surface area contributed by atoms with Gasteiger partial charge in [-0.1, -0.05) is 48.2 Å². The number of thioether (sulfide) groups is 1. The van der Waals surface area contributed by atoms with Gasteiger partial charge in [-0.25, -0.2) is 4.79 Å². The number of carbonyl (C=O) groups excluding carboxylic acids is 3. The first-order valence-electron chi connectivity index (χ1n) is 13.1. The summed E-state index contributed by atoms with van der Waals surface area (Å²) in [5, 5.41) is 17.5. The predicted molar refractivity (Wildman–Crippen MR) is 157 cm³/mol. The Morgan fingerprint density at radius 1 is 1.07 bits per heavy atom. The lowest BCUT2D eigenvalue weighted by molar-refractivity contribution is -0.113. The van der Waals surface area contributed by atoms with Crippen LogP contribution in [0.2, 0.25) is 0 Å². The molecule has 0 aliphatic heterocycles. The smallest absolute Gasteiger partial charge is 0.341 e. The second-order valence-electron chi connectivity index (χ2n) is 9.10. The number of carbonyl (C=O) groups is 3. The van der Waals surface area contributed by atoms with Gasteiger partial charge in [-0.2, -0.15) is 0 Å². The number of ether oxygens (including phenoxy) is 1. The molecule has 0 spiro atoms. The molecule has 0 unspecified atom stereocenters. The maximum Gasteiger partial charge on any atom is 0.341 e. The molecule has 40 heavy (non-hydrogen) atoms. The predicted octanol–water partition coefficient (Wildman–Crippen LogP) is 5.17. The average Bonchev–Trinajstić information content (AvgIpc) is 3.71. The topological polar surface area (TPSA) is 115 Å². The molecule has 2 N–H and O–H groups in total. The summed E-state index contributed by atoms with van der Waals surface area (Å²) < 4.78 is 7.22. The number of aromatic nitrogens is 3. The van der Waals surface area contributed by atoms with Crippen LogP contribution in [0.5, 0.6) is 0 Å². The number of anilines is 1. The Kier molecular flexibility index (Phi) is 9.30. The van der Waals surface area contributed by atoms with E-state index in [1.54, 1.807) is 13.0 Å². The number of nitrogens with one attached hydrogen (secondary N) is 2. The van der Waals surface area contributed by atoms with Gasteiger partial charge < -0.3 is 19.9 Å². The number of fused-ring (bicyclic) bond motifs is 1. The quantitative estimate of drug-likeness (QED) is 0.182. The zero-order chi connectivity index (χ0) is 27.9. The van der Waals surface area contributed by atoms with Crippen LogP contribution in [0, 0.1) is 0 Å². The first-order chi connectivity index (χ1) is 19.5. The van der Waals surface area contributed by atoms with Crippen molar-refractivity contribution >= 4 is 57.2 Å². The Balaban J connectivity index is 1.30. The second kappa shape index (κ2) is 13.2. The third kappa shape index (κ3) is 6.62. The third-order valence-corrected chi connectivity index (χ3v) is 9.41. The molecule has 1 aliphatic rings. The summed E-state index contributed by atoms with van der Waals surface area (Å²) in [6.07, 6.45) is 3.82. The average molecular weight is 596 g/mol. The van der Waals surface area contributed by atoms with Crippen LogP contribution in [-0.4, -0.2) is 44.9 Å². The van der Waals surface area contributed by atoms with Crippen molar-refractivity contribution in [3.63, 3.8) is 0 Å². The zero-order valence-corrected chi connectivity index (χ0v) is 24.4. The van der Waals surface area contributed by atoms with Gasteiger partial charge >= 0.3 is 5.97 Å². The summed E-state index contributed by atoms with van der Waals surface area (Å²) in [5.41, 5.74) is 2.55. The van der Waals surface area contributed by atoms with Gasteiger partial charge in [0.25, 0.3) is 5.91 Å². The van der Waals surface area contributed by atoms with Gasteiger partial charge in [-0.15, -0.1) is 32.9 Å². The maximum atomic E-state index is 13.1. The molecule has 12 heteroatoms. The highest BCUT2D eigenvalue weighted by Gasteiger charge is 2.27. The van der Waals surface area contributed by atoms with E-state index in [9.17, 15) is 14.4 Å². The molecule has 0 fully saturated rings. The highest BCUT2D eigenvalue weighted by atomic mass is 32.2. The molecule has 0 saturated carbocycles. The summed E-state index contributed by atoms with van der Waals surface area (Å²) in [4.78, 5) is 40.1. The molecule has 9 nitrogen and oxygen atoms in total. The third-order valence-electron chi connectivity index (χ3n) is 6.37. The molecule has 2 amide bonds. The molecule has 4 aromatic rings. The van der Waals surface area contributed by atoms with E-state index in [1.807, 2.05) is 46.3 Å². The van der Waals surface area contributed by atoms with E-state index in [0.29, 0.717) is 33.0 Å². The molecule has 208 valence electrons.